The second-order valence-electron chi connectivity index (χ2n) is 6.68. The van der Waals surface area contributed by atoms with Gasteiger partial charge in [0.2, 0.25) is 0 Å². The van der Waals surface area contributed by atoms with Crippen LogP contribution in [0.25, 0.3) is 0 Å². The fourth-order valence-corrected chi connectivity index (χ4v) is 5.05. The molecule has 0 N–H and O–H groups in total. The number of hydrogen-bond acceptors (Lipinski definition) is 6. The van der Waals surface area contributed by atoms with Crippen molar-refractivity contribution >= 4 is 40.7 Å². The molecule has 0 bridgehead atoms. The molecule has 1 aromatic heterocycles. The van der Waals surface area contributed by atoms with Crippen molar-refractivity contribution in [1.82, 2.24) is 4.98 Å². The number of esters is 1. The Morgan fingerprint density at radius 1 is 1.24 bits per heavy atom. The highest BCUT2D eigenvalue weighted by atomic mass is 32.2. The average molecular weight is 425 g/mol. The molecule has 0 fully saturated rings. The molecule has 0 radical (unpaired) electrons. The minimum absolute atomic E-state index is 0.0212. The fourth-order valence-electron chi connectivity index (χ4n) is 3.40. The first-order chi connectivity index (χ1) is 14.1. The Morgan fingerprint density at radius 3 is 2.83 bits per heavy atom. The highest BCUT2D eigenvalue weighted by Gasteiger charge is 2.27. The van der Waals surface area contributed by atoms with Crippen molar-refractivity contribution in [1.29, 1.82) is 0 Å². The molecule has 2 heterocycles. The van der Waals surface area contributed by atoms with E-state index < -0.39 is 0 Å². The third kappa shape index (κ3) is 4.06. The van der Waals surface area contributed by atoms with E-state index >= 15 is 0 Å². The number of nitrogens with zero attached hydrogens (tertiary/aromatic N) is 2. The molecular formula is C22H20N2O3S2. The van der Waals surface area contributed by atoms with Crippen LogP contribution < -0.4 is 4.90 Å². The van der Waals surface area contributed by atoms with Gasteiger partial charge in [-0.3, -0.25) is 4.79 Å². The van der Waals surface area contributed by atoms with Crippen LogP contribution in [0.3, 0.4) is 0 Å². The average Bonchev–Trinajstić information content (AvgIpc) is 3.36. The number of benzene rings is 2. The van der Waals surface area contributed by atoms with Gasteiger partial charge in [0.25, 0.3) is 5.91 Å². The second-order valence-corrected chi connectivity index (χ2v) is 8.76. The lowest BCUT2D eigenvalue weighted by atomic mass is 10.1. The van der Waals surface area contributed by atoms with Crippen molar-refractivity contribution in [2.24, 2.45) is 0 Å². The van der Waals surface area contributed by atoms with Gasteiger partial charge in [0, 0.05) is 28.3 Å². The van der Waals surface area contributed by atoms with Gasteiger partial charge in [-0.1, -0.05) is 12.1 Å². The van der Waals surface area contributed by atoms with Crippen molar-refractivity contribution < 1.29 is 14.3 Å². The quantitative estimate of drug-likeness (QED) is 0.438. The summed E-state index contributed by atoms with van der Waals surface area (Å²) in [5.41, 5.74) is 4.08. The topological polar surface area (TPSA) is 59.5 Å². The van der Waals surface area contributed by atoms with Crippen LogP contribution in [0.4, 0.5) is 5.69 Å². The summed E-state index contributed by atoms with van der Waals surface area (Å²) in [4.78, 5) is 32.3. The van der Waals surface area contributed by atoms with E-state index in [1.165, 1.54) is 7.11 Å². The molecule has 0 atom stereocenters. The number of carbonyl (C=O) groups is 2. The first kappa shape index (κ1) is 19.7. The number of aromatic nitrogens is 1. The van der Waals surface area contributed by atoms with Crippen molar-refractivity contribution in [3.05, 3.63) is 75.2 Å². The number of rotatable bonds is 5. The first-order valence-electron chi connectivity index (χ1n) is 9.23. The van der Waals surface area contributed by atoms with Gasteiger partial charge >= 0.3 is 5.97 Å². The largest absolute Gasteiger partial charge is 0.465 e. The van der Waals surface area contributed by atoms with Crippen molar-refractivity contribution in [2.75, 3.05) is 18.6 Å². The predicted molar refractivity (Wildman–Crippen MR) is 116 cm³/mol. The lowest BCUT2D eigenvalue weighted by Crippen LogP contribution is -2.29. The number of fused-ring (bicyclic) bond motifs is 1. The van der Waals surface area contributed by atoms with Crippen LogP contribution in [-0.2, 0) is 16.9 Å². The second kappa shape index (κ2) is 8.39. The Labute approximate surface area is 177 Å². The summed E-state index contributed by atoms with van der Waals surface area (Å²) in [6, 6.07) is 13.1. The van der Waals surface area contributed by atoms with E-state index in [1.54, 1.807) is 34.1 Å². The number of methoxy groups -OCH3 is 1. The first-order valence-corrected chi connectivity index (χ1v) is 11.1. The van der Waals surface area contributed by atoms with Crippen LogP contribution in [0.15, 0.2) is 52.7 Å². The standard InChI is InChI=1S/C22H20N2O3S2/c1-14-23-17(12-28-14)13-29-20-6-4-3-5-18(20)21(25)24-10-9-15-11-16(22(26)27-2)7-8-19(15)24/h3-8,11-12H,9-10,13H2,1-2H3. The van der Waals surface area contributed by atoms with Crippen LogP contribution in [0.5, 0.6) is 0 Å². The number of thioether (sulfide) groups is 1. The van der Waals surface area contributed by atoms with E-state index in [0.717, 1.165) is 39.0 Å². The molecular weight excluding hydrogens is 404 g/mol. The summed E-state index contributed by atoms with van der Waals surface area (Å²) in [5.74, 6) is 0.344. The van der Waals surface area contributed by atoms with E-state index in [2.05, 4.69) is 10.4 Å². The third-order valence-electron chi connectivity index (χ3n) is 4.80. The highest BCUT2D eigenvalue weighted by Crippen LogP contribution is 2.33. The monoisotopic (exact) mass is 424 g/mol. The molecule has 7 heteroatoms. The van der Waals surface area contributed by atoms with Crippen molar-refractivity contribution in [3.8, 4) is 0 Å². The predicted octanol–water partition coefficient (Wildman–Crippen LogP) is 4.73. The number of ether oxygens (including phenoxy) is 1. The molecule has 29 heavy (non-hydrogen) atoms. The molecule has 1 aliphatic heterocycles. The molecule has 1 aliphatic rings. The third-order valence-corrected chi connectivity index (χ3v) is 6.73. The van der Waals surface area contributed by atoms with Crippen LogP contribution in [0.2, 0.25) is 0 Å². The van der Waals surface area contributed by atoms with Crippen LogP contribution in [0.1, 0.15) is 37.0 Å². The maximum atomic E-state index is 13.3. The zero-order chi connectivity index (χ0) is 20.4. The molecule has 1 amide bonds. The van der Waals surface area contributed by atoms with E-state index in [4.69, 9.17) is 4.74 Å². The molecule has 2 aromatic carbocycles. The Balaban J connectivity index is 1.56. The Kier molecular flexibility index (Phi) is 5.69. The molecule has 148 valence electrons. The van der Waals surface area contributed by atoms with Gasteiger partial charge < -0.3 is 9.64 Å². The normalized spacial score (nSPS) is 12.7. The van der Waals surface area contributed by atoms with Gasteiger partial charge in [-0.05, 0) is 49.2 Å². The van der Waals surface area contributed by atoms with Gasteiger partial charge in [-0.15, -0.1) is 23.1 Å². The summed E-state index contributed by atoms with van der Waals surface area (Å²) in [6.45, 7) is 2.59. The molecule has 0 unspecified atom stereocenters. The van der Waals surface area contributed by atoms with E-state index in [9.17, 15) is 9.59 Å². The molecule has 5 nitrogen and oxygen atoms in total. The van der Waals surface area contributed by atoms with Gasteiger partial charge in [-0.25, -0.2) is 9.78 Å². The van der Waals surface area contributed by atoms with Crippen molar-refractivity contribution in [2.45, 2.75) is 24.0 Å². The summed E-state index contributed by atoms with van der Waals surface area (Å²) in [7, 11) is 1.37. The maximum Gasteiger partial charge on any atom is 0.337 e. The van der Waals surface area contributed by atoms with Crippen LogP contribution >= 0.6 is 23.1 Å². The Hall–Kier alpha value is -2.64. The van der Waals surface area contributed by atoms with Crippen LogP contribution in [0, 0.1) is 6.92 Å². The lowest BCUT2D eigenvalue weighted by Gasteiger charge is -2.19. The number of amides is 1. The van der Waals surface area contributed by atoms with Gasteiger partial charge in [0.05, 0.1) is 28.9 Å². The summed E-state index contributed by atoms with van der Waals surface area (Å²) < 4.78 is 4.79. The maximum absolute atomic E-state index is 13.3. The van der Waals surface area contributed by atoms with Gasteiger partial charge in [-0.2, -0.15) is 0 Å². The molecule has 3 aromatic rings. The molecule has 4 rings (SSSR count). The van der Waals surface area contributed by atoms with E-state index in [1.807, 2.05) is 43.3 Å². The Bertz CT molecular complexity index is 1080. The highest BCUT2D eigenvalue weighted by molar-refractivity contribution is 7.98. The SMILES string of the molecule is COC(=O)c1ccc2c(c1)CCN2C(=O)c1ccccc1SCc1csc(C)n1. The number of carbonyl (C=O) groups excluding carboxylic acids is 2. The number of hydrogen-bond donors (Lipinski definition) is 0. The molecule has 0 saturated heterocycles. The zero-order valence-corrected chi connectivity index (χ0v) is 17.8. The summed E-state index contributed by atoms with van der Waals surface area (Å²) in [6.07, 6.45) is 0.722. The van der Waals surface area contributed by atoms with Gasteiger partial charge in [0.15, 0.2) is 0 Å². The minimum Gasteiger partial charge on any atom is -0.465 e. The Morgan fingerprint density at radius 2 is 2.07 bits per heavy atom. The smallest absolute Gasteiger partial charge is 0.337 e. The summed E-state index contributed by atoms with van der Waals surface area (Å²) in [5, 5.41) is 3.10. The van der Waals surface area contributed by atoms with Crippen molar-refractivity contribution in [3.63, 3.8) is 0 Å². The molecule has 0 spiro atoms. The zero-order valence-electron chi connectivity index (χ0n) is 16.2. The van der Waals surface area contributed by atoms with E-state index in [-0.39, 0.29) is 11.9 Å². The van der Waals surface area contributed by atoms with E-state index in [0.29, 0.717) is 17.7 Å². The number of thiazole rings is 1. The van der Waals surface area contributed by atoms with Gasteiger partial charge in [0.1, 0.15) is 0 Å². The minimum atomic E-state index is -0.364. The molecule has 0 saturated carbocycles. The fraction of sp³-hybridized carbons (Fsp3) is 0.227. The van der Waals surface area contributed by atoms with Crippen LogP contribution in [-0.4, -0.2) is 30.5 Å². The number of aryl methyl sites for hydroxylation is 1. The summed E-state index contributed by atoms with van der Waals surface area (Å²) >= 11 is 3.26. The number of anilines is 1. The lowest BCUT2D eigenvalue weighted by molar-refractivity contribution is 0.0600. The molecule has 0 aliphatic carbocycles.